The van der Waals surface area contributed by atoms with Crippen molar-refractivity contribution in [3.63, 3.8) is 0 Å². The second-order valence-electron chi connectivity index (χ2n) is 5.70. The maximum Gasteiger partial charge on any atom is 0.0470 e. The van der Waals surface area contributed by atoms with Gasteiger partial charge in [0.2, 0.25) is 0 Å². The van der Waals surface area contributed by atoms with Gasteiger partial charge in [-0.25, -0.2) is 0 Å². The molecule has 0 saturated carbocycles. The third kappa shape index (κ3) is 4.13. The molecule has 3 heteroatoms. The van der Waals surface area contributed by atoms with Crippen LogP contribution in [-0.4, -0.2) is 30.0 Å². The number of nitrogens with zero attached hydrogens (tertiary/aromatic N) is 2. The largest absolute Gasteiger partial charge is 0.329 e. The first-order valence-corrected chi connectivity index (χ1v) is 7.48. The average Bonchev–Trinajstić information content (AvgIpc) is 2.50. The minimum Gasteiger partial charge on any atom is -0.329 e. The third-order valence-corrected chi connectivity index (χ3v) is 4.05. The number of aryl methyl sites for hydroxylation is 2. The summed E-state index contributed by atoms with van der Waals surface area (Å²) < 4.78 is 0. The molecule has 0 aliphatic heterocycles. The Balaban J connectivity index is 2.08. The number of likely N-dealkylation sites (N-methyl/N-ethyl adjacent to an activating group) is 1. The first-order chi connectivity index (χ1) is 10.1. The van der Waals surface area contributed by atoms with Gasteiger partial charge in [0.05, 0.1) is 0 Å². The molecule has 2 aromatic rings. The van der Waals surface area contributed by atoms with Crippen LogP contribution >= 0.6 is 0 Å². The lowest BCUT2D eigenvalue weighted by molar-refractivity contribution is 0.252. The van der Waals surface area contributed by atoms with Crippen LogP contribution in [-0.2, 0) is 6.42 Å². The molecule has 0 aliphatic rings. The van der Waals surface area contributed by atoms with Crippen molar-refractivity contribution in [3.05, 3.63) is 65.0 Å². The van der Waals surface area contributed by atoms with Crippen LogP contribution in [0.5, 0.6) is 0 Å². The van der Waals surface area contributed by atoms with Crippen molar-refractivity contribution < 1.29 is 0 Å². The zero-order chi connectivity index (χ0) is 15.2. The van der Waals surface area contributed by atoms with Crippen LogP contribution in [0.15, 0.2) is 42.7 Å². The molecular weight excluding hydrogens is 258 g/mol. The van der Waals surface area contributed by atoms with E-state index in [1.165, 1.54) is 22.3 Å². The Bertz CT molecular complexity index is 566. The molecular formula is C18H25N3. The molecule has 1 heterocycles. The van der Waals surface area contributed by atoms with Gasteiger partial charge in [-0.05, 0) is 56.1 Å². The fourth-order valence-corrected chi connectivity index (χ4v) is 2.67. The van der Waals surface area contributed by atoms with Gasteiger partial charge in [0, 0.05) is 31.5 Å². The van der Waals surface area contributed by atoms with Gasteiger partial charge in [-0.2, -0.15) is 0 Å². The summed E-state index contributed by atoms with van der Waals surface area (Å²) in [6, 6.07) is 11.0. The van der Waals surface area contributed by atoms with Crippen LogP contribution < -0.4 is 5.73 Å². The minimum absolute atomic E-state index is 0.270. The van der Waals surface area contributed by atoms with E-state index in [0.717, 1.165) is 13.0 Å². The smallest absolute Gasteiger partial charge is 0.0470 e. The number of nitrogens with two attached hydrogens (primary N) is 1. The lowest BCUT2D eigenvalue weighted by atomic mass is 9.97. The molecule has 1 atom stereocenters. The van der Waals surface area contributed by atoms with Gasteiger partial charge in [0.1, 0.15) is 0 Å². The van der Waals surface area contributed by atoms with Crippen LogP contribution in [0.4, 0.5) is 0 Å². The Kier molecular flexibility index (Phi) is 5.48. The molecule has 0 fully saturated rings. The SMILES string of the molecule is Cc1ccc(C)c(C(CN)N(C)CCc2ccncc2)c1. The molecule has 3 nitrogen and oxygen atoms in total. The Labute approximate surface area is 127 Å². The van der Waals surface area contributed by atoms with E-state index in [4.69, 9.17) is 5.73 Å². The highest BCUT2D eigenvalue weighted by molar-refractivity contribution is 5.33. The standard InChI is InChI=1S/C18H25N3/c1-14-4-5-15(2)17(12-14)18(13-19)21(3)11-8-16-6-9-20-10-7-16/h4-7,9-10,12,18H,8,11,13,19H2,1-3H3. The predicted molar refractivity (Wildman–Crippen MR) is 88.3 cm³/mol. The first-order valence-electron chi connectivity index (χ1n) is 7.48. The van der Waals surface area contributed by atoms with Crippen molar-refractivity contribution >= 4 is 0 Å². The molecule has 0 spiro atoms. The van der Waals surface area contributed by atoms with E-state index < -0.39 is 0 Å². The summed E-state index contributed by atoms with van der Waals surface area (Å²) in [6.45, 7) is 5.91. The fraction of sp³-hybridized carbons (Fsp3) is 0.389. The highest BCUT2D eigenvalue weighted by Crippen LogP contribution is 2.23. The molecule has 1 aromatic heterocycles. The molecule has 1 aromatic carbocycles. The van der Waals surface area contributed by atoms with E-state index in [1.54, 1.807) is 0 Å². The number of aromatic nitrogens is 1. The van der Waals surface area contributed by atoms with Gasteiger partial charge in [-0.1, -0.05) is 23.8 Å². The van der Waals surface area contributed by atoms with Crippen LogP contribution in [0.3, 0.4) is 0 Å². The summed E-state index contributed by atoms with van der Waals surface area (Å²) in [4.78, 5) is 6.41. The van der Waals surface area contributed by atoms with E-state index in [-0.39, 0.29) is 6.04 Å². The van der Waals surface area contributed by atoms with Crippen LogP contribution in [0.2, 0.25) is 0 Å². The quantitative estimate of drug-likeness (QED) is 0.886. The van der Waals surface area contributed by atoms with Crippen LogP contribution in [0.1, 0.15) is 28.3 Å². The summed E-state index contributed by atoms with van der Waals surface area (Å²) in [7, 11) is 2.15. The summed E-state index contributed by atoms with van der Waals surface area (Å²) >= 11 is 0. The van der Waals surface area contributed by atoms with Crippen molar-refractivity contribution in [2.45, 2.75) is 26.3 Å². The Morgan fingerprint density at radius 2 is 1.86 bits per heavy atom. The zero-order valence-electron chi connectivity index (χ0n) is 13.2. The molecule has 0 bridgehead atoms. The molecule has 21 heavy (non-hydrogen) atoms. The van der Waals surface area contributed by atoms with E-state index >= 15 is 0 Å². The molecule has 0 saturated heterocycles. The number of pyridine rings is 1. The number of hydrogen-bond donors (Lipinski definition) is 1. The highest BCUT2D eigenvalue weighted by Gasteiger charge is 2.17. The van der Waals surface area contributed by atoms with E-state index in [1.807, 2.05) is 12.4 Å². The Morgan fingerprint density at radius 3 is 2.52 bits per heavy atom. The first kappa shape index (κ1) is 15.7. The maximum atomic E-state index is 6.04. The Hall–Kier alpha value is -1.71. The lowest BCUT2D eigenvalue weighted by Gasteiger charge is -2.29. The van der Waals surface area contributed by atoms with Crippen molar-refractivity contribution in [1.29, 1.82) is 0 Å². The average molecular weight is 283 g/mol. The van der Waals surface area contributed by atoms with E-state index in [2.05, 4.69) is 61.1 Å². The second kappa shape index (κ2) is 7.34. The summed E-state index contributed by atoms with van der Waals surface area (Å²) in [5.41, 5.74) is 11.3. The predicted octanol–water partition coefficient (Wildman–Crippen LogP) is 2.87. The van der Waals surface area contributed by atoms with Crippen LogP contribution in [0.25, 0.3) is 0 Å². The van der Waals surface area contributed by atoms with Gasteiger partial charge in [-0.3, -0.25) is 9.88 Å². The lowest BCUT2D eigenvalue weighted by Crippen LogP contribution is -2.32. The normalized spacial score (nSPS) is 12.6. The minimum atomic E-state index is 0.270. The van der Waals surface area contributed by atoms with Gasteiger partial charge >= 0.3 is 0 Å². The van der Waals surface area contributed by atoms with Crippen molar-refractivity contribution in [2.75, 3.05) is 20.1 Å². The maximum absolute atomic E-state index is 6.04. The second-order valence-corrected chi connectivity index (χ2v) is 5.70. The fourth-order valence-electron chi connectivity index (χ4n) is 2.67. The summed E-state index contributed by atoms with van der Waals surface area (Å²) in [6.07, 6.45) is 4.71. The molecule has 2 N–H and O–H groups in total. The number of hydrogen-bond acceptors (Lipinski definition) is 3. The molecule has 0 radical (unpaired) electrons. The van der Waals surface area contributed by atoms with Gasteiger partial charge in [0.25, 0.3) is 0 Å². The third-order valence-electron chi connectivity index (χ3n) is 4.05. The molecule has 0 aliphatic carbocycles. The van der Waals surface area contributed by atoms with Crippen LogP contribution in [0, 0.1) is 13.8 Å². The topological polar surface area (TPSA) is 42.1 Å². The molecule has 112 valence electrons. The number of benzene rings is 1. The zero-order valence-corrected chi connectivity index (χ0v) is 13.2. The number of rotatable bonds is 6. The van der Waals surface area contributed by atoms with Crippen molar-refractivity contribution in [2.24, 2.45) is 5.73 Å². The van der Waals surface area contributed by atoms with Gasteiger partial charge < -0.3 is 5.73 Å². The summed E-state index contributed by atoms with van der Waals surface area (Å²) in [5.74, 6) is 0. The van der Waals surface area contributed by atoms with Crippen molar-refractivity contribution in [3.8, 4) is 0 Å². The van der Waals surface area contributed by atoms with E-state index in [9.17, 15) is 0 Å². The Morgan fingerprint density at radius 1 is 1.14 bits per heavy atom. The van der Waals surface area contributed by atoms with E-state index in [0.29, 0.717) is 6.54 Å². The summed E-state index contributed by atoms with van der Waals surface area (Å²) in [5, 5.41) is 0. The highest BCUT2D eigenvalue weighted by atomic mass is 15.1. The van der Waals surface area contributed by atoms with Crippen molar-refractivity contribution in [1.82, 2.24) is 9.88 Å². The van der Waals surface area contributed by atoms with Gasteiger partial charge in [-0.15, -0.1) is 0 Å². The van der Waals surface area contributed by atoms with Gasteiger partial charge in [0.15, 0.2) is 0 Å². The molecule has 2 rings (SSSR count). The monoisotopic (exact) mass is 283 g/mol. The molecule has 0 amide bonds. The molecule has 1 unspecified atom stereocenters.